The maximum atomic E-state index is 10.9. The Kier molecular flexibility index (Phi) is 10.9. The molecule has 30 heavy (non-hydrogen) atoms. The van der Waals surface area contributed by atoms with Gasteiger partial charge in [0.15, 0.2) is 0 Å². The van der Waals surface area contributed by atoms with Crippen molar-refractivity contribution in [1.29, 1.82) is 0 Å². The van der Waals surface area contributed by atoms with Gasteiger partial charge >= 0.3 is 0 Å². The van der Waals surface area contributed by atoms with Crippen molar-refractivity contribution < 1.29 is 24.5 Å². The molecule has 0 bridgehead atoms. The lowest BCUT2D eigenvalue weighted by Crippen LogP contribution is -2.22. The number of aliphatic hydroxyl groups is 1. The Morgan fingerprint density at radius 3 is 2.50 bits per heavy atom. The normalized spacial score (nSPS) is 11.4. The summed E-state index contributed by atoms with van der Waals surface area (Å²) >= 11 is 0. The SMILES string of the molecule is C/C=C\c1c(C(O)CNCc2ccc(C=O)cc2OC)ccc(O)c1NC=O.CC. The van der Waals surface area contributed by atoms with E-state index in [1.165, 1.54) is 13.2 Å². The van der Waals surface area contributed by atoms with Crippen LogP contribution in [0.15, 0.2) is 36.4 Å². The van der Waals surface area contributed by atoms with Crippen molar-refractivity contribution in [2.75, 3.05) is 19.0 Å². The summed E-state index contributed by atoms with van der Waals surface area (Å²) in [4.78, 5) is 21.7. The van der Waals surface area contributed by atoms with Crippen LogP contribution in [0, 0.1) is 0 Å². The molecule has 0 aliphatic heterocycles. The number of allylic oxidation sites excluding steroid dienone is 1. The number of hydrogen-bond acceptors (Lipinski definition) is 6. The van der Waals surface area contributed by atoms with Crippen LogP contribution in [0.3, 0.4) is 0 Å². The van der Waals surface area contributed by atoms with Crippen LogP contribution in [0.2, 0.25) is 0 Å². The number of anilines is 1. The van der Waals surface area contributed by atoms with Crippen molar-refractivity contribution in [2.45, 2.75) is 33.4 Å². The molecule has 2 aromatic carbocycles. The summed E-state index contributed by atoms with van der Waals surface area (Å²) in [6.07, 6.45) is 3.83. The van der Waals surface area contributed by atoms with Crippen LogP contribution in [0.4, 0.5) is 5.69 Å². The van der Waals surface area contributed by atoms with Gasteiger partial charge in [-0.05, 0) is 24.6 Å². The molecule has 1 amide bonds. The monoisotopic (exact) mass is 414 g/mol. The third kappa shape index (κ3) is 6.43. The third-order valence-corrected chi connectivity index (χ3v) is 4.25. The first-order chi connectivity index (χ1) is 14.5. The van der Waals surface area contributed by atoms with E-state index in [4.69, 9.17) is 4.74 Å². The minimum Gasteiger partial charge on any atom is -0.506 e. The summed E-state index contributed by atoms with van der Waals surface area (Å²) < 4.78 is 5.30. The summed E-state index contributed by atoms with van der Waals surface area (Å²) in [6.45, 7) is 6.46. The molecule has 4 N–H and O–H groups in total. The van der Waals surface area contributed by atoms with Crippen LogP contribution in [0.25, 0.3) is 6.08 Å². The largest absolute Gasteiger partial charge is 0.506 e. The van der Waals surface area contributed by atoms with E-state index in [0.29, 0.717) is 35.4 Å². The standard InChI is InChI=1S/C21H24N2O5.C2H6/c1-3-4-17-16(7-8-18(26)21(17)23-13-25)19(27)11-22-10-15-6-5-14(12-24)9-20(15)28-2;1-2/h3-9,12-13,19,22,26-27H,10-11H2,1-2H3,(H,23,25);1-2H3/b4-3-;. The number of ether oxygens (including phenoxy) is 1. The summed E-state index contributed by atoms with van der Waals surface area (Å²) in [6, 6.07) is 8.19. The number of hydrogen-bond donors (Lipinski definition) is 4. The fraction of sp³-hybridized carbons (Fsp3) is 0.304. The van der Waals surface area contributed by atoms with Crippen molar-refractivity contribution in [3.05, 3.63) is 58.7 Å². The molecule has 0 fully saturated rings. The van der Waals surface area contributed by atoms with Gasteiger partial charge in [0.2, 0.25) is 6.41 Å². The minimum absolute atomic E-state index is 0.0795. The molecule has 7 nitrogen and oxygen atoms in total. The van der Waals surface area contributed by atoms with Crippen molar-refractivity contribution in [3.63, 3.8) is 0 Å². The van der Waals surface area contributed by atoms with Crippen LogP contribution < -0.4 is 15.4 Å². The average Bonchev–Trinajstić information content (AvgIpc) is 2.77. The summed E-state index contributed by atoms with van der Waals surface area (Å²) in [7, 11) is 1.53. The van der Waals surface area contributed by atoms with Gasteiger partial charge in [-0.2, -0.15) is 0 Å². The number of aromatic hydroxyl groups is 1. The molecule has 0 aromatic heterocycles. The number of aliphatic hydroxyl groups excluding tert-OH is 1. The van der Waals surface area contributed by atoms with Crippen molar-refractivity contribution in [2.24, 2.45) is 0 Å². The first-order valence-corrected chi connectivity index (χ1v) is 9.75. The van der Waals surface area contributed by atoms with E-state index < -0.39 is 6.10 Å². The zero-order chi connectivity index (χ0) is 22.5. The Morgan fingerprint density at radius 2 is 1.90 bits per heavy atom. The minimum atomic E-state index is -0.876. The van der Waals surface area contributed by atoms with Gasteiger partial charge in [-0.25, -0.2) is 0 Å². The zero-order valence-electron chi connectivity index (χ0n) is 17.8. The molecule has 7 heteroatoms. The van der Waals surface area contributed by atoms with E-state index in [-0.39, 0.29) is 18.0 Å². The van der Waals surface area contributed by atoms with E-state index in [1.54, 1.807) is 43.3 Å². The number of carbonyl (C=O) groups excluding carboxylic acids is 2. The lowest BCUT2D eigenvalue weighted by molar-refractivity contribution is -0.105. The number of phenols is 1. The van der Waals surface area contributed by atoms with Gasteiger partial charge in [-0.15, -0.1) is 0 Å². The number of carbonyl (C=O) groups is 2. The number of aldehydes is 1. The highest BCUT2D eigenvalue weighted by molar-refractivity contribution is 5.84. The molecule has 1 unspecified atom stereocenters. The number of rotatable bonds is 10. The molecule has 0 saturated heterocycles. The van der Waals surface area contributed by atoms with E-state index in [2.05, 4.69) is 10.6 Å². The molecule has 0 radical (unpaired) electrons. The fourth-order valence-corrected chi connectivity index (χ4v) is 2.91. The molecule has 0 spiro atoms. The van der Waals surface area contributed by atoms with Crippen molar-refractivity contribution in [1.82, 2.24) is 5.32 Å². The second kappa shape index (κ2) is 13.1. The van der Waals surface area contributed by atoms with Crippen LogP contribution in [-0.2, 0) is 11.3 Å². The lowest BCUT2D eigenvalue weighted by Gasteiger charge is -2.18. The summed E-state index contributed by atoms with van der Waals surface area (Å²) in [5, 5.41) is 26.2. The first kappa shape index (κ1) is 24.9. The molecule has 0 saturated carbocycles. The number of phenolic OH excluding ortho intramolecular Hbond substituents is 1. The number of nitrogens with one attached hydrogen (secondary N) is 2. The van der Waals surface area contributed by atoms with Crippen LogP contribution in [0.1, 0.15) is 53.9 Å². The Bertz CT molecular complexity index is 865. The molecule has 2 aromatic rings. The van der Waals surface area contributed by atoms with Crippen LogP contribution >= 0.6 is 0 Å². The highest BCUT2D eigenvalue weighted by Gasteiger charge is 2.17. The fourth-order valence-electron chi connectivity index (χ4n) is 2.91. The maximum absolute atomic E-state index is 10.9. The summed E-state index contributed by atoms with van der Waals surface area (Å²) in [5.41, 5.74) is 2.72. The molecule has 2 rings (SSSR count). The predicted molar refractivity (Wildman–Crippen MR) is 119 cm³/mol. The maximum Gasteiger partial charge on any atom is 0.211 e. The predicted octanol–water partition coefficient (Wildman–Crippen LogP) is 3.66. The Morgan fingerprint density at radius 1 is 1.17 bits per heavy atom. The molecule has 0 heterocycles. The molecular weight excluding hydrogens is 384 g/mol. The smallest absolute Gasteiger partial charge is 0.211 e. The van der Waals surface area contributed by atoms with Gasteiger partial charge in [0.25, 0.3) is 0 Å². The first-order valence-electron chi connectivity index (χ1n) is 9.75. The quantitative estimate of drug-likeness (QED) is 0.349. The highest BCUT2D eigenvalue weighted by Crippen LogP contribution is 2.34. The molecular formula is C23H30N2O5. The molecule has 1 atom stereocenters. The van der Waals surface area contributed by atoms with Gasteiger partial charge in [-0.3, -0.25) is 9.59 Å². The van der Waals surface area contributed by atoms with E-state index in [9.17, 15) is 19.8 Å². The van der Waals surface area contributed by atoms with Crippen molar-refractivity contribution in [3.8, 4) is 11.5 Å². The lowest BCUT2D eigenvalue weighted by atomic mass is 9.99. The van der Waals surface area contributed by atoms with Gasteiger partial charge in [0.05, 0.1) is 18.9 Å². The van der Waals surface area contributed by atoms with E-state index >= 15 is 0 Å². The van der Waals surface area contributed by atoms with Crippen molar-refractivity contribution >= 4 is 24.5 Å². The van der Waals surface area contributed by atoms with Crippen LogP contribution in [-0.4, -0.2) is 36.6 Å². The Labute approximate surface area is 177 Å². The van der Waals surface area contributed by atoms with E-state index in [1.807, 2.05) is 13.8 Å². The van der Waals surface area contributed by atoms with E-state index in [0.717, 1.165) is 11.8 Å². The Hall–Kier alpha value is -3.16. The second-order valence-electron chi connectivity index (χ2n) is 6.06. The number of amides is 1. The molecule has 162 valence electrons. The van der Waals surface area contributed by atoms with Gasteiger partial charge in [-0.1, -0.05) is 44.2 Å². The third-order valence-electron chi connectivity index (χ3n) is 4.25. The number of methoxy groups -OCH3 is 1. The van der Waals surface area contributed by atoms with Gasteiger partial charge in [0.1, 0.15) is 17.8 Å². The highest BCUT2D eigenvalue weighted by atomic mass is 16.5. The molecule has 0 aliphatic rings. The van der Waals surface area contributed by atoms with Gasteiger partial charge in [0, 0.05) is 29.8 Å². The van der Waals surface area contributed by atoms with Crippen LogP contribution in [0.5, 0.6) is 11.5 Å². The second-order valence-corrected chi connectivity index (χ2v) is 6.06. The molecule has 0 aliphatic carbocycles. The summed E-state index contributed by atoms with van der Waals surface area (Å²) in [5.74, 6) is 0.507. The number of benzene rings is 2. The zero-order valence-corrected chi connectivity index (χ0v) is 17.8. The Balaban J connectivity index is 0.00000218. The van der Waals surface area contributed by atoms with Gasteiger partial charge < -0.3 is 25.6 Å². The average molecular weight is 415 g/mol. The topological polar surface area (TPSA) is 108 Å².